The van der Waals surface area contributed by atoms with Crippen LogP contribution in [-0.4, -0.2) is 59.3 Å². The second-order valence-corrected chi connectivity index (χ2v) is 7.01. The van der Waals surface area contributed by atoms with Crippen molar-refractivity contribution < 1.29 is 5.11 Å². The average molecular weight is 254 g/mol. The van der Waals surface area contributed by atoms with Gasteiger partial charge in [0.05, 0.1) is 6.10 Å². The van der Waals surface area contributed by atoms with E-state index in [0.717, 1.165) is 45.4 Å². The molecule has 0 amide bonds. The molecule has 3 nitrogen and oxygen atoms in total. The SMILES string of the molecule is CCN1CCN(C2CC(C)(C)CCC2O)CC1C. The maximum atomic E-state index is 10.3. The maximum Gasteiger partial charge on any atom is 0.0695 e. The number of piperazine rings is 1. The molecule has 0 aromatic heterocycles. The Morgan fingerprint density at radius 1 is 1.28 bits per heavy atom. The molecule has 3 atom stereocenters. The van der Waals surface area contributed by atoms with E-state index >= 15 is 0 Å². The number of hydrogen-bond donors (Lipinski definition) is 1. The molecule has 0 spiro atoms. The number of aliphatic hydroxyl groups is 1. The lowest BCUT2D eigenvalue weighted by Crippen LogP contribution is -2.58. The maximum absolute atomic E-state index is 10.3. The first kappa shape index (κ1) is 14.3. The molecule has 0 bridgehead atoms. The van der Waals surface area contributed by atoms with Gasteiger partial charge in [0.2, 0.25) is 0 Å². The summed E-state index contributed by atoms with van der Waals surface area (Å²) in [5, 5.41) is 10.3. The second kappa shape index (κ2) is 5.48. The van der Waals surface area contributed by atoms with Gasteiger partial charge in [-0.1, -0.05) is 20.8 Å². The highest BCUT2D eigenvalue weighted by Gasteiger charge is 2.38. The van der Waals surface area contributed by atoms with Gasteiger partial charge in [0.15, 0.2) is 0 Å². The van der Waals surface area contributed by atoms with Crippen LogP contribution < -0.4 is 0 Å². The fraction of sp³-hybridized carbons (Fsp3) is 1.00. The summed E-state index contributed by atoms with van der Waals surface area (Å²) in [5.41, 5.74) is 0.398. The number of aliphatic hydroxyl groups excluding tert-OH is 1. The van der Waals surface area contributed by atoms with E-state index in [1.165, 1.54) is 0 Å². The predicted octanol–water partition coefficient (Wildman–Crippen LogP) is 1.95. The fourth-order valence-corrected chi connectivity index (χ4v) is 3.70. The lowest BCUT2D eigenvalue weighted by atomic mass is 9.73. The van der Waals surface area contributed by atoms with Gasteiger partial charge in [-0.2, -0.15) is 0 Å². The lowest BCUT2D eigenvalue weighted by molar-refractivity contribution is -0.0439. The van der Waals surface area contributed by atoms with Crippen LogP contribution in [0.25, 0.3) is 0 Å². The van der Waals surface area contributed by atoms with Gasteiger partial charge in [-0.05, 0) is 38.1 Å². The van der Waals surface area contributed by atoms with E-state index in [0.29, 0.717) is 17.5 Å². The van der Waals surface area contributed by atoms with Gasteiger partial charge in [-0.3, -0.25) is 9.80 Å². The molecule has 1 aliphatic carbocycles. The number of nitrogens with zero attached hydrogens (tertiary/aromatic N) is 2. The Hall–Kier alpha value is -0.120. The fourth-order valence-electron chi connectivity index (χ4n) is 3.70. The molecule has 2 rings (SSSR count). The highest BCUT2D eigenvalue weighted by atomic mass is 16.3. The van der Waals surface area contributed by atoms with Crippen LogP contribution in [0.3, 0.4) is 0 Å². The Labute approximate surface area is 112 Å². The van der Waals surface area contributed by atoms with Crippen molar-refractivity contribution in [1.29, 1.82) is 0 Å². The van der Waals surface area contributed by atoms with Crippen molar-refractivity contribution in [3.8, 4) is 0 Å². The van der Waals surface area contributed by atoms with Gasteiger partial charge < -0.3 is 5.11 Å². The van der Waals surface area contributed by atoms with Crippen molar-refractivity contribution in [2.45, 2.75) is 65.1 Å². The molecule has 18 heavy (non-hydrogen) atoms. The molecule has 3 unspecified atom stereocenters. The van der Waals surface area contributed by atoms with E-state index in [2.05, 4.69) is 37.5 Å². The summed E-state index contributed by atoms with van der Waals surface area (Å²) in [6.07, 6.45) is 3.17. The van der Waals surface area contributed by atoms with Crippen LogP contribution in [-0.2, 0) is 0 Å². The molecular weight excluding hydrogens is 224 g/mol. The summed E-state index contributed by atoms with van der Waals surface area (Å²) in [6, 6.07) is 1.01. The second-order valence-electron chi connectivity index (χ2n) is 7.01. The molecule has 1 saturated carbocycles. The van der Waals surface area contributed by atoms with Crippen LogP contribution in [0.4, 0.5) is 0 Å². The average Bonchev–Trinajstić information content (AvgIpc) is 2.32. The smallest absolute Gasteiger partial charge is 0.0695 e. The Balaban J connectivity index is 1.98. The Morgan fingerprint density at radius 3 is 2.61 bits per heavy atom. The molecule has 1 saturated heterocycles. The quantitative estimate of drug-likeness (QED) is 0.816. The molecule has 1 aliphatic heterocycles. The normalized spacial score (nSPS) is 38.8. The minimum Gasteiger partial charge on any atom is -0.391 e. The summed E-state index contributed by atoms with van der Waals surface area (Å²) in [5.74, 6) is 0. The molecule has 106 valence electrons. The van der Waals surface area contributed by atoms with Gasteiger partial charge in [-0.15, -0.1) is 0 Å². The number of hydrogen-bond acceptors (Lipinski definition) is 3. The number of likely N-dealkylation sites (N-methyl/N-ethyl adjacent to an activating group) is 1. The zero-order chi connectivity index (χ0) is 13.3. The molecule has 2 fully saturated rings. The third kappa shape index (κ3) is 3.06. The van der Waals surface area contributed by atoms with Crippen LogP contribution in [0.5, 0.6) is 0 Å². The summed E-state index contributed by atoms with van der Waals surface area (Å²) in [4.78, 5) is 5.08. The van der Waals surface area contributed by atoms with Crippen molar-refractivity contribution in [3.05, 3.63) is 0 Å². The van der Waals surface area contributed by atoms with Crippen LogP contribution in [0.1, 0.15) is 47.0 Å². The van der Waals surface area contributed by atoms with E-state index in [4.69, 9.17) is 0 Å². The zero-order valence-corrected chi connectivity index (χ0v) is 12.5. The molecule has 0 aromatic carbocycles. The minimum atomic E-state index is -0.113. The van der Waals surface area contributed by atoms with Crippen molar-refractivity contribution in [2.75, 3.05) is 26.2 Å². The molecular formula is C15H30N2O. The van der Waals surface area contributed by atoms with Crippen molar-refractivity contribution in [2.24, 2.45) is 5.41 Å². The molecule has 1 N–H and O–H groups in total. The third-order valence-corrected chi connectivity index (χ3v) is 4.99. The molecule has 0 aromatic rings. The Morgan fingerprint density at radius 2 is 2.00 bits per heavy atom. The summed E-state index contributed by atoms with van der Waals surface area (Å²) < 4.78 is 0. The van der Waals surface area contributed by atoms with E-state index in [9.17, 15) is 5.11 Å². The third-order valence-electron chi connectivity index (χ3n) is 4.99. The topological polar surface area (TPSA) is 26.7 Å². The zero-order valence-electron chi connectivity index (χ0n) is 12.5. The van der Waals surface area contributed by atoms with E-state index in [1.807, 2.05) is 0 Å². The first-order chi connectivity index (χ1) is 8.43. The summed E-state index contributed by atoms with van der Waals surface area (Å²) in [6.45, 7) is 13.8. The Kier molecular flexibility index (Phi) is 4.35. The molecule has 1 heterocycles. The van der Waals surface area contributed by atoms with Crippen LogP contribution in [0.15, 0.2) is 0 Å². The van der Waals surface area contributed by atoms with Crippen molar-refractivity contribution >= 4 is 0 Å². The van der Waals surface area contributed by atoms with E-state index in [-0.39, 0.29) is 6.10 Å². The standard InChI is InChI=1S/C15H30N2O/c1-5-16-8-9-17(11-12(16)2)13-10-15(3,4)7-6-14(13)18/h12-14,18H,5-11H2,1-4H3. The van der Waals surface area contributed by atoms with Gasteiger partial charge in [0.1, 0.15) is 0 Å². The summed E-state index contributed by atoms with van der Waals surface area (Å²) >= 11 is 0. The van der Waals surface area contributed by atoms with Gasteiger partial charge in [0.25, 0.3) is 0 Å². The van der Waals surface area contributed by atoms with Crippen LogP contribution >= 0.6 is 0 Å². The number of rotatable bonds is 2. The van der Waals surface area contributed by atoms with Crippen LogP contribution in [0.2, 0.25) is 0 Å². The highest BCUT2D eigenvalue weighted by molar-refractivity contribution is 4.93. The molecule has 2 aliphatic rings. The predicted molar refractivity (Wildman–Crippen MR) is 75.7 cm³/mol. The van der Waals surface area contributed by atoms with Gasteiger partial charge in [-0.25, -0.2) is 0 Å². The monoisotopic (exact) mass is 254 g/mol. The lowest BCUT2D eigenvalue weighted by Gasteiger charge is -2.48. The van der Waals surface area contributed by atoms with Crippen molar-refractivity contribution in [3.63, 3.8) is 0 Å². The Bertz CT molecular complexity index is 280. The van der Waals surface area contributed by atoms with E-state index in [1.54, 1.807) is 0 Å². The summed E-state index contributed by atoms with van der Waals surface area (Å²) in [7, 11) is 0. The molecule has 3 heteroatoms. The molecule has 0 radical (unpaired) electrons. The largest absolute Gasteiger partial charge is 0.391 e. The first-order valence-corrected chi connectivity index (χ1v) is 7.59. The van der Waals surface area contributed by atoms with E-state index < -0.39 is 0 Å². The minimum absolute atomic E-state index is 0.113. The van der Waals surface area contributed by atoms with Gasteiger partial charge >= 0.3 is 0 Å². The van der Waals surface area contributed by atoms with Gasteiger partial charge in [0, 0.05) is 31.7 Å². The van der Waals surface area contributed by atoms with Crippen molar-refractivity contribution in [1.82, 2.24) is 9.80 Å². The van der Waals surface area contributed by atoms with Crippen LogP contribution in [0, 0.1) is 5.41 Å². The highest BCUT2D eigenvalue weighted by Crippen LogP contribution is 2.38. The first-order valence-electron chi connectivity index (χ1n) is 7.59.